The molecule has 0 spiro atoms. The van der Waals surface area contributed by atoms with E-state index in [0.717, 1.165) is 9.65 Å². The van der Waals surface area contributed by atoms with E-state index in [2.05, 4.69) is 10.3 Å². The van der Waals surface area contributed by atoms with E-state index in [1.165, 1.54) is 24.1 Å². The zero-order valence-electron chi connectivity index (χ0n) is 13.7. The van der Waals surface area contributed by atoms with Gasteiger partial charge in [-0.3, -0.25) is 4.79 Å². The summed E-state index contributed by atoms with van der Waals surface area (Å²) in [4.78, 5) is 13.1. The number of hydrogen-bond acceptors (Lipinski definition) is 6. The first-order valence-electron chi connectivity index (χ1n) is 7.65. The lowest BCUT2D eigenvalue weighted by Gasteiger charge is -2.16. The van der Waals surface area contributed by atoms with Crippen molar-refractivity contribution in [2.75, 3.05) is 11.4 Å². The number of carbonyl (C=O) groups excluding carboxylic acids is 1. The number of fused-ring (bicyclic) bond motifs is 1. The van der Waals surface area contributed by atoms with Gasteiger partial charge in [0.1, 0.15) is 4.90 Å². The summed E-state index contributed by atoms with van der Waals surface area (Å²) in [5.74, 6) is -0.163. The van der Waals surface area contributed by atoms with Crippen LogP contribution >= 0.6 is 11.6 Å². The number of nitrogens with zero attached hydrogens (tertiary/aromatic N) is 4. The minimum atomic E-state index is -4.06. The summed E-state index contributed by atoms with van der Waals surface area (Å²) in [7, 11) is -4.06. The standard InChI is InChI=1S/C15H17ClN4O4S/c1-9(21)5-12-8-20(18-17-12)25(23,24)15-7-14-11(6-13(15)16)3-4-19(14)10(2)22/h6-9,21H,3-5H2,1-2H3. The highest BCUT2D eigenvalue weighted by molar-refractivity contribution is 7.90. The van der Waals surface area contributed by atoms with Gasteiger partial charge in [0.25, 0.3) is 10.0 Å². The second-order valence-corrected chi connectivity index (χ2v) is 8.14. The molecular formula is C15H17ClN4O4S. The molecule has 1 aromatic heterocycles. The van der Waals surface area contributed by atoms with Gasteiger partial charge in [0.2, 0.25) is 5.91 Å². The van der Waals surface area contributed by atoms with E-state index in [1.54, 1.807) is 13.0 Å². The number of halogens is 1. The zero-order chi connectivity index (χ0) is 18.4. The number of aliphatic hydroxyl groups is 1. The number of rotatable bonds is 4. The molecule has 0 fully saturated rings. The first-order chi connectivity index (χ1) is 11.7. The maximum absolute atomic E-state index is 12.8. The van der Waals surface area contributed by atoms with Gasteiger partial charge in [-0.15, -0.1) is 9.19 Å². The van der Waals surface area contributed by atoms with Gasteiger partial charge >= 0.3 is 0 Å². The van der Waals surface area contributed by atoms with E-state index in [1.807, 2.05) is 0 Å². The van der Waals surface area contributed by atoms with Crippen LogP contribution in [0, 0.1) is 0 Å². The van der Waals surface area contributed by atoms with Gasteiger partial charge in [-0.25, -0.2) is 0 Å². The second-order valence-electron chi connectivity index (χ2n) is 5.97. The van der Waals surface area contributed by atoms with Crippen LogP contribution in [0.5, 0.6) is 0 Å². The molecule has 1 aliphatic rings. The van der Waals surface area contributed by atoms with E-state index in [4.69, 9.17) is 11.6 Å². The number of anilines is 1. The molecule has 0 aliphatic carbocycles. The van der Waals surface area contributed by atoms with Crippen LogP contribution in [-0.4, -0.2) is 46.5 Å². The summed E-state index contributed by atoms with van der Waals surface area (Å²) in [5.41, 5.74) is 1.72. The van der Waals surface area contributed by atoms with Gasteiger partial charge in [0.15, 0.2) is 0 Å². The normalized spacial score (nSPS) is 15.3. The third-order valence-electron chi connectivity index (χ3n) is 3.96. The van der Waals surface area contributed by atoms with Gasteiger partial charge in [-0.2, -0.15) is 8.42 Å². The number of hydrogen-bond donors (Lipinski definition) is 1. The van der Waals surface area contributed by atoms with Crippen molar-refractivity contribution < 1.29 is 18.3 Å². The molecule has 0 saturated carbocycles. The summed E-state index contributed by atoms with van der Waals surface area (Å²) >= 11 is 6.18. The molecule has 0 bridgehead atoms. The molecule has 10 heteroatoms. The summed E-state index contributed by atoms with van der Waals surface area (Å²) < 4.78 is 26.4. The minimum Gasteiger partial charge on any atom is -0.393 e. The highest BCUT2D eigenvalue weighted by Crippen LogP contribution is 2.35. The van der Waals surface area contributed by atoms with Crippen LogP contribution in [0.3, 0.4) is 0 Å². The van der Waals surface area contributed by atoms with Crippen LogP contribution in [-0.2, 0) is 27.7 Å². The molecule has 3 rings (SSSR count). The van der Waals surface area contributed by atoms with E-state index >= 15 is 0 Å². The Morgan fingerprint density at radius 1 is 1.44 bits per heavy atom. The van der Waals surface area contributed by atoms with Gasteiger partial charge in [-0.05, 0) is 31.0 Å². The Morgan fingerprint density at radius 2 is 2.16 bits per heavy atom. The molecule has 2 heterocycles. The molecule has 1 N–H and O–H groups in total. The summed E-state index contributed by atoms with van der Waals surface area (Å²) in [5, 5.41) is 16.8. The molecule has 0 saturated heterocycles. The van der Waals surface area contributed by atoms with Gasteiger partial charge < -0.3 is 10.0 Å². The average Bonchev–Trinajstić information content (AvgIpc) is 3.12. The molecule has 1 aromatic carbocycles. The van der Waals surface area contributed by atoms with E-state index in [-0.39, 0.29) is 22.2 Å². The third-order valence-corrected chi connectivity index (χ3v) is 5.95. The first-order valence-corrected chi connectivity index (χ1v) is 9.47. The highest BCUT2D eigenvalue weighted by Gasteiger charge is 2.29. The lowest BCUT2D eigenvalue weighted by atomic mass is 10.2. The highest BCUT2D eigenvalue weighted by atomic mass is 35.5. The molecular weight excluding hydrogens is 368 g/mol. The lowest BCUT2D eigenvalue weighted by molar-refractivity contribution is -0.116. The summed E-state index contributed by atoms with van der Waals surface area (Å²) in [6.45, 7) is 3.49. The average molecular weight is 385 g/mol. The zero-order valence-corrected chi connectivity index (χ0v) is 15.3. The number of benzene rings is 1. The Bertz CT molecular complexity index is 939. The predicted octanol–water partition coefficient (Wildman–Crippen LogP) is 1.00. The van der Waals surface area contributed by atoms with Crippen molar-refractivity contribution in [2.24, 2.45) is 0 Å². The maximum atomic E-state index is 12.8. The van der Waals surface area contributed by atoms with Crippen LogP contribution < -0.4 is 4.90 Å². The number of aromatic nitrogens is 3. The summed E-state index contributed by atoms with van der Waals surface area (Å²) in [6.07, 6.45) is 1.39. The van der Waals surface area contributed by atoms with Crippen LogP contribution in [0.15, 0.2) is 23.2 Å². The van der Waals surface area contributed by atoms with Gasteiger partial charge in [-0.1, -0.05) is 16.8 Å². The largest absolute Gasteiger partial charge is 0.393 e. The molecule has 1 atom stereocenters. The number of carbonyl (C=O) groups is 1. The topological polar surface area (TPSA) is 105 Å². The van der Waals surface area contributed by atoms with Crippen molar-refractivity contribution >= 4 is 33.2 Å². The van der Waals surface area contributed by atoms with Gasteiger partial charge in [0.05, 0.1) is 23.0 Å². The SMILES string of the molecule is CC(=O)N1CCc2cc(Cl)c(S(=O)(=O)n3cc(CC(C)O)nn3)cc21. The van der Waals surface area contributed by atoms with Crippen molar-refractivity contribution in [3.05, 3.63) is 34.6 Å². The fourth-order valence-electron chi connectivity index (χ4n) is 2.81. The minimum absolute atomic E-state index is 0.0664. The fraction of sp³-hybridized carbons (Fsp3) is 0.400. The second kappa shape index (κ2) is 6.40. The monoisotopic (exact) mass is 384 g/mol. The smallest absolute Gasteiger partial charge is 0.285 e. The van der Waals surface area contributed by atoms with Crippen molar-refractivity contribution in [3.8, 4) is 0 Å². The molecule has 0 radical (unpaired) electrons. The Balaban J connectivity index is 2.05. The molecule has 1 aliphatic heterocycles. The van der Waals surface area contributed by atoms with E-state index in [9.17, 15) is 18.3 Å². The summed E-state index contributed by atoms with van der Waals surface area (Å²) in [6, 6.07) is 2.97. The molecule has 134 valence electrons. The Morgan fingerprint density at radius 3 is 2.80 bits per heavy atom. The first kappa shape index (κ1) is 17.8. The van der Waals surface area contributed by atoms with Crippen molar-refractivity contribution in [1.29, 1.82) is 0 Å². The van der Waals surface area contributed by atoms with Crippen LogP contribution in [0.4, 0.5) is 5.69 Å². The molecule has 2 aromatic rings. The lowest BCUT2D eigenvalue weighted by Crippen LogP contribution is -2.26. The van der Waals surface area contributed by atoms with Crippen LogP contribution in [0.25, 0.3) is 0 Å². The van der Waals surface area contributed by atoms with Crippen LogP contribution in [0.1, 0.15) is 25.1 Å². The Labute approximate surface area is 150 Å². The fourth-order valence-corrected chi connectivity index (χ4v) is 4.45. The third kappa shape index (κ3) is 3.26. The Hall–Kier alpha value is -1.97. The van der Waals surface area contributed by atoms with Gasteiger partial charge in [0, 0.05) is 25.6 Å². The van der Waals surface area contributed by atoms with Crippen LogP contribution in [0.2, 0.25) is 5.02 Å². The Kier molecular flexibility index (Phi) is 4.56. The van der Waals surface area contributed by atoms with Crippen molar-refractivity contribution in [1.82, 2.24) is 14.4 Å². The molecule has 25 heavy (non-hydrogen) atoms. The van der Waals surface area contributed by atoms with Crippen molar-refractivity contribution in [3.63, 3.8) is 0 Å². The quantitative estimate of drug-likeness (QED) is 0.843. The predicted molar refractivity (Wildman–Crippen MR) is 91.2 cm³/mol. The molecule has 1 unspecified atom stereocenters. The molecule has 1 amide bonds. The number of amides is 1. The van der Waals surface area contributed by atoms with E-state index in [0.29, 0.717) is 24.3 Å². The van der Waals surface area contributed by atoms with E-state index < -0.39 is 16.1 Å². The number of aliphatic hydroxyl groups excluding tert-OH is 1. The van der Waals surface area contributed by atoms with Crippen molar-refractivity contribution in [2.45, 2.75) is 37.7 Å². The maximum Gasteiger partial charge on any atom is 0.285 e. The molecule has 8 nitrogen and oxygen atoms in total.